The van der Waals surface area contributed by atoms with Crippen molar-refractivity contribution in [2.45, 2.75) is 83.6 Å². The summed E-state index contributed by atoms with van der Waals surface area (Å²) in [5.41, 5.74) is 10.1. The lowest BCUT2D eigenvalue weighted by Crippen LogP contribution is -2.66. The number of nitrogens with two attached hydrogens (primary N) is 1. The molecule has 24 heavy (non-hydrogen) atoms. The van der Waals surface area contributed by atoms with E-state index in [0.717, 1.165) is 24.8 Å². The van der Waals surface area contributed by atoms with Crippen LogP contribution >= 0.6 is 0 Å². The molecule has 0 aliphatic heterocycles. The normalized spacial score (nSPS) is 32.8. The molecule has 1 saturated carbocycles. The molecule has 3 nitrogen and oxygen atoms in total. The Morgan fingerprint density at radius 3 is 2.42 bits per heavy atom. The minimum Gasteiger partial charge on any atom is -0.504 e. The van der Waals surface area contributed by atoms with E-state index >= 15 is 0 Å². The topological polar surface area (TPSA) is 66.5 Å². The maximum Gasteiger partial charge on any atom is 0.161 e. The molecule has 0 radical (unpaired) electrons. The van der Waals surface area contributed by atoms with E-state index in [1.54, 1.807) is 6.07 Å². The fraction of sp³-hybridized carbons (Fsp3) is 0.714. The van der Waals surface area contributed by atoms with Crippen molar-refractivity contribution in [3.63, 3.8) is 0 Å². The van der Waals surface area contributed by atoms with E-state index in [1.807, 2.05) is 0 Å². The van der Waals surface area contributed by atoms with Gasteiger partial charge in [-0.05, 0) is 60.6 Å². The average molecular weight is 332 g/mol. The van der Waals surface area contributed by atoms with Gasteiger partial charge in [0.15, 0.2) is 11.5 Å². The van der Waals surface area contributed by atoms with Gasteiger partial charge in [0.1, 0.15) is 0 Å². The minimum absolute atomic E-state index is 0.00888. The average Bonchev–Trinajstić information content (AvgIpc) is 2.49. The van der Waals surface area contributed by atoms with Gasteiger partial charge in [-0.25, -0.2) is 0 Å². The summed E-state index contributed by atoms with van der Waals surface area (Å²) in [7, 11) is 0. The van der Waals surface area contributed by atoms with Crippen molar-refractivity contribution in [1.82, 2.24) is 0 Å². The summed E-state index contributed by atoms with van der Waals surface area (Å²) in [5.74, 6) is 1.32. The van der Waals surface area contributed by atoms with Crippen LogP contribution in [0.4, 0.5) is 0 Å². The lowest BCUT2D eigenvalue weighted by molar-refractivity contribution is 0.0412. The zero-order chi connectivity index (χ0) is 17.9. The van der Waals surface area contributed by atoms with Gasteiger partial charge in [-0.2, -0.15) is 0 Å². The Balaban J connectivity index is 2.24. The fourth-order valence-corrected chi connectivity index (χ4v) is 5.78. The summed E-state index contributed by atoms with van der Waals surface area (Å²) in [5, 5.41) is 20.8. The van der Waals surface area contributed by atoms with E-state index in [0.29, 0.717) is 11.8 Å². The van der Waals surface area contributed by atoms with Crippen molar-refractivity contribution < 1.29 is 10.2 Å². The van der Waals surface area contributed by atoms with Crippen molar-refractivity contribution in [2.75, 3.05) is 0 Å². The van der Waals surface area contributed by atoms with E-state index in [1.165, 1.54) is 24.0 Å². The molecule has 2 unspecified atom stereocenters. The smallest absolute Gasteiger partial charge is 0.161 e. The van der Waals surface area contributed by atoms with Crippen LogP contribution in [0.3, 0.4) is 0 Å². The van der Waals surface area contributed by atoms with Crippen molar-refractivity contribution in [3.05, 3.63) is 22.8 Å². The van der Waals surface area contributed by atoms with Crippen LogP contribution in [0.1, 0.15) is 82.9 Å². The number of fused-ring (bicyclic) bond motifs is 3. The summed E-state index contributed by atoms with van der Waals surface area (Å²) < 4.78 is 0. The second-order valence-electron chi connectivity index (χ2n) is 8.95. The Hall–Kier alpha value is -1.22. The van der Waals surface area contributed by atoms with Gasteiger partial charge in [0.05, 0.1) is 0 Å². The maximum atomic E-state index is 10.4. The molecule has 0 bridgehead atoms. The van der Waals surface area contributed by atoms with Gasteiger partial charge in [-0.1, -0.05) is 41.0 Å². The summed E-state index contributed by atoms with van der Waals surface area (Å²) in [6.07, 6.45) is 5.29. The molecule has 4 N–H and O–H groups in total. The van der Waals surface area contributed by atoms with Crippen LogP contribution in [-0.4, -0.2) is 15.8 Å². The first-order chi connectivity index (χ1) is 11.1. The Labute approximate surface area is 146 Å². The number of hydrogen-bond acceptors (Lipinski definition) is 3. The first-order valence-corrected chi connectivity index (χ1v) is 9.50. The molecule has 1 fully saturated rings. The van der Waals surface area contributed by atoms with Crippen molar-refractivity contribution in [3.8, 4) is 11.5 Å². The molecule has 134 valence electrons. The summed E-state index contributed by atoms with van der Waals surface area (Å²) in [4.78, 5) is 0. The Bertz CT molecular complexity index is 652. The van der Waals surface area contributed by atoms with Crippen LogP contribution in [0.2, 0.25) is 0 Å². The Kier molecular flexibility index (Phi) is 4.15. The highest BCUT2D eigenvalue weighted by atomic mass is 16.3. The molecular formula is C21H33NO2. The predicted molar refractivity (Wildman–Crippen MR) is 98.6 cm³/mol. The van der Waals surface area contributed by atoms with Gasteiger partial charge in [0.2, 0.25) is 0 Å². The lowest BCUT2D eigenvalue weighted by atomic mass is 9.48. The monoisotopic (exact) mass is 331 g/mol. The molecule has 3 rings (SSSR count). The van der Waals surface area contributed by atoms with Crippen molar-refractivity contribution in [2.24, 2.45) is 17.6 Å². The van der Waals surface area contributed by atoms with Gasteiger partial charge in [-0.15, -0.1) is 0 Å². The van der Waals surface area contributed by atoms with Crippen LogP contribution in [0, 0.1) is 11.8 Å². The van der Waals surface area contributed by atoms with Gasteiger partial charge in [-0.3, -0.25) is 0 Å². The summed E-state index contributed by atoms with van der Waals surface area (Å²) >= 11 is 0. The van der Waals surface area contributed by atoms with Crippen LogP contribution in [0.5, 0.6) is 11.5 Å². The number of benzene rings is 1. The number of phenols is 2. The predicted octanol–water partition coefficient (Wildman–Crippen LogP) is 4.58. The highest BCUT2D eigenvalue weighted by Gasteiger charge is 2.56. The molecule has 3 heteroatoms. The van der Waals surface area contributed by atoms with Gasteiger partial charge < -0.3 is 15.9 Å². The maximum absolute atomic E-state index is 10.4. The molecule has 3 atom stereocenters. The lowest BCUT2D eigenvalue weighted by Gasteiger charge is -2.59. The third-order valence-electron chi connectivity index (χ3n) is 7.08. The molecule has 1 aromatic rings. The van der Waals surface area contributed by atoms with E-state index < -0.39 is 0 Å². The number of hydrogen-bond donors (Lipinski definition) is 3. The SMILES string of the molecule is CC(C)c1c(O)c(O)cc2c1CC[C@@]1(N)C(C(C)C)CCCC21C. The van der Waals surface area contributed by atoms with Crippen LogP contribution in [-0.2, 0) is 11.8 Å². The number of phenolic OH excluding ortho intramolecular Hbond substituents is 2. The van der Waals surface area contributed by atoms with Crippen molar-refractivity contribution >= 4 is 0 Å². The largest absolute Gasteiger partial charge is 0.504 e. The van der Waals surface area contributed by atoms with E-state index in [4.69, 9.17) is 5.73 Å². The fourth-order valence-electron chi connectivity index (χ4n) is 5.78. The Morgan fingerprint density at radius 1 is 1.17 bits per heavy atom. The van der Waals surface area contributed by atoms with E-state index in [2.05, 4.69) is 34.6 Å². The highest BCUT2D eigenvalue weighted by Crippen LogP contribution is 2.57. The molecule has 2 aliphatic carbocycles. The molecular weight excluding hydrogens is 298 g/mol. The Morgan fingerprint density at radius 2 is 1.83 bits per heavy atom. The molecule has 0 aromatic heterocycles. The second kappa shape index (κ2) is 5.66. The molecule has 0 heterocycles. The molecule has 0 amide bonds. The molecule has 1 aromatic carbocycles. The van der Waals surface area contributed by atoms with E-state index in [9.17, 15) is 10.2 Å². The zero-order valence-electron chi connectivity index (χ0n) is 15.8. The van der Waals surface area contributed by atoms with Gasteiger partial charge in [0, 0.05) is 16.5 Å². The van der Waals surface area contributed by atoms with Crippen LogP contribution < -0.4 is 5.73 Å². The second-order valence-corrected chi connectivity index (χ2v) is 8.95. The summed E-state index contributed by atoms with van der Waals surface area (Å²) in [6, 6.07) is 1.81. The van der Waals surface area contributed by atoms with Gasteiger partial charge >= 0.3 is 0 Å². The molecule has 0 saturated heterocycles. The van der Waals surface area contributed by atoms with Crippen LogP contribution in [0.15, 0.2) is 6.07 Å². The number of aromatic hydroxyl groups is 2. The first-order valence-electron chi connectivity index (χ1n) is 9.50. The number of rotatable bonds is 2. The molecule has 0 spiro atoms. The third kappa shape index (κ3) is 2.20. The standard InChI is InChI=1S/C21H33NO2/c1-12(2)15-7-6-9-20(5)16-11-17(23)19(24)18(13(3)4)14(16)8-10-21(15,20)22/h11-13,15,23-24H,6-10,22H2,1-5H3/t15?,20?,21-/m1/s1. The van der Waals surface area contributed by atoms with Crippen molar-refractivity contribution in [1.29, 1.82) is 0 Å². The summed E-state index contributed by atoms with van der Waals surface area (Å²) in [6.45, 7) is 11.0. The highest BCUT2D eigenvalue weighted by molar-refractivity contribution is 5.58. The first kappa shape index (κ1) is 17.6. The third-order valence-corrected chi connectivity index (χ3v) is 7.08. The molecule has 2 aliphatic rings. The minimum atomic E-state index is -0.232. The van der Waals surface area contributed by atoms with E-state index in [-0.39, 0.29) is 28.4 Å². The van der Waals surface area contributed by atoms with Crippen LogP contribution in [0.25, 0.3) is 0 Å². The quantitative estimate of drug-likeness (QED) is 0.695. The van der Waals surface area contributed by atoms with Gasteiger partial charge in [0.25, 0.3) is 0 Å². The zero-order valence-corrected chi connectivity index (χ0v) is 15.8.